The topological polar surface area (TPSA) is 84.6 Å². The summed E-state index contributed by atoms with van der Waals surface area (Å²) in [6, 6.07) is 6.12. The van der Waals surface area contributed by atoms with Crippen LogP contribution in [-0.4, -0.2) is 28.3 Å². The largest absolute Gasteiger partial charge is 0.481 e. The van der Waals surface area contributed by atoms with Crippen LogP contribution in [0.15, 0.2) is 18.2 Å². The van der Waals surface area contributed by atoms with Gasteiger partial charge in [-0.25, -0.2) is 0 Å². The Morgan fingerprint density at radius 1 is 1.32 bits per heavy atom. The van der Waals surface area contributed by atoms with Crippen LogP contribution in [0.1, 0.15) is 59.4 Å². The molecule has 1 aliphatic heterocycles. The standard InChI is InChI=1S/C20H32N2O3/c1-6-14(18(23)24)9-13-7-8-17(16(21)10-13)22-15-11-19(2,3)25-20(4,5)12-15/h7-8,10,14-15,22H,6,9,11-12,21H2,1-5H3,(H,23,24). The van der Waals surface area contributed by atoms with E-state index in [-0.39, 0.29) is 23.2 Å². The summed E-state index contributed by atoms with van der Waals surface area (Å²) in [6.45, 7) is 10.4. The first kappa shape index (κ1) is 19.6. The van der Waals surface area contributed by atoms with Crippen LogP contribution in [0.5, 0.6) is 0 Å². The Kier molecular flexibility index (Phi) is 5.67. The van der Waals surface area contributed by atoms with Crippen LogP contribution >= 0.6 is 0 Å². The van der Waals surface area contributed by atoms with Gasteiger partial charge in [0.1, 0.15) is 0 Å². The summed E-state index contributed by atoms with van der Waals surface area (Å²) in [7, 11) is 0. The van der Waals surface area contributed by atoms with E-state index in [9.17, 15) is 9.90 Å². The Morgan fingerprint density at radius 3 is 2.40 bits per heavy atom. The van der Waals surface area contributed by atoms with E-state index in [0.29, 0.717) is 18.5 Å². The van der Waals surface area contributed by atoms with Crippen molar-refractivity contribution in [2.45, 2.75) is 77.5 Å². The number of hydrogen-bond acceptors (Lipinski definition) is 4. The van der Waals surface area contributed by atoms with Gasteiger partial charge >= 0.3 is 5.97 Å². The van der Waals surface area contributed by atoms with E-state index in [1.165, 1.54) is 0 Å². The molecule has 5 heteroatoms. The molecule has 0 radical (unpaired) electrons. The third-order valence-electron chi connectivity index (χ3n) is 4.83. The van der Waals surface area contributed by atoms with Crippen LogP contribution in [0, 0.1) is 5.92 Å². The van der Waals surface area contributed by atoms with Crippen molar-refractivity contribution < 1.29 is 14.6 Å². The SMILES string of the molecule is CCC(Cc1ccc(NC2CC(C)(C)OC(C)(C)C2)c(N)c1)C(=O)O. The number of ether oxygens (including phenoxy) is 1. The van der Waals surface area contributed by atoms with Gasteiger partial charge in [-0.15, -0.1) is 0 Å². The van der Waals surface area contributed by atoms with Crippen LogP contribution < -0.4 is 11.1 Å². The molecule has 2 rings (SSSR count). The number of nitrogen functional groups attached to an aromatic ring is 1. The summed E-state index contributed by atoms with van der Waals surface area (Å²) in [5.41, 5.74) is 8.41. The number of hydrogen-bond donors (Lipinski definition) is 3. The van der Waals surface area contributed by atoms with Crippen molar-refractivity contribution in [1.82, 2.24) is 0 Å². The summed E-state index contributed by atoms with van der Waals surface area (Å²) in [5, 5.41) is 12.8. The first-order valence-electron chi connectivity index (χ1n) is 9.09. The first-order chi connectivity index (χ1) is 11.5. The van der Waals surface area contributed by atoms with Gasteiger partial charge in [0, 0.05) is 6.04 Å². The minimum Gasteiger partial charge on any atom is -0.481 e. The molecule has 1 aliphatic rings. The molecule has 0 spiro atoms. The molecule has 5 nitrogen and oxygen atoms in total. The van der Waals surface area contributed by atoms with Crippen molar-refractivity contribution in [3.05, 3.63) is 23.8 Å². The van der Waals surface area contributed by atoms with Crippen molar-refractivity contribution in [3.63, 3.8) is 0 Å². The average Bonchev–Trinajstić information content (AvgIpc) is 2.43. The molecule has 0 aromatic heterocycles. The Hall–Kier alpha value is -1.75. The van der Waals surface area contributed by atoms with Gasteiger partial charge in [0.2, 0.25) is 0 Å². The smallest absolute Gasteiger partial charge is 0.306 e. The number of nitrogens with two attached hydrogens (primary N) is 1. The molecule has 0 amide bonds. The highest BCUT2D eigenvalue weighted by Crippen LogP contribution is 2.37. The number of anilines is 2. The van der Waals surface area contributed by atoms with E-state index >= 15 is 0 Å². The second kappa shape index (κ2) is 7.24. The lowest BCUT2D eigenvalue weighted by atomic mass is 9.85. The quantitative estimate of drug-likeness (QED) is 0.675. The third kappa shape index (κ3) is 5.36. The minimum atomic E-state index is -0.755. The highest BCUT2D eigenvalue weighted by atomic mass is 16.5. The molecular formula is C20H32N2O3. The van der Waals surface area contributed by atoms with E-state index in [1.54, 1.807) is 0 Å². The molecule has 1 fully saturated rings. The number of carboxylic acids is 1. The molecule has 1 saturated heterocycles. The van der Waals surface area contributed by atoms with Gasteiger partial charge in [-0.1, -0.05) is 13.0 Å². The zero-order chi connectivity index (χ0) is 18.8. The zero-order valence-corrected chi connectivity index (χ0v) is 16.1. The van der Waals surface area contributed by atoms with Crippen molar-refractivity contribution in [1.29, 1.82) is 0 Å². The lowest BCUT2D eigenvalue weighted by Crippen LogP contribution is -2.49. The fourth-order valence-corrected chi connectivity index (χ4v) is 3.97. The fraction of sp³-hybridized carbons (Fsp3) is 0.650. The lowest BCUT2D eigenvalue weighted by Gasteiger charge is -2.45. The molecule has 0 saturated carbocycles. The molecule has 25 heavy (non-hydrogen) atoms. The number of carbonyl (C=O) groups is 1. The number of rotatable bonds is 6. The molecule has 1 aromatic rings. The third-order valence-corrected chi connectivity index (χ3v) is 4.83. The van der Waals surface area contributed by atoms with E-state index in [0.717, 1.165) is 24.1 Å². The predicted molar refractivity (Wildman–Crippen MR) is 102 cm³/mol. The molecular weight excluding hydrogens is 316 g/mol. The zero-order valence-electron chi connectivity index (χ0n) is 16.1. The van der Waals surface area contributed by atoms with Crippen LogP contribution in [0.2, 0.25) is 0 Å². The highest BCUT2D eigenvalue weighted by Gasteiger charge is 2.39. The van der Waals surface area contributed by atoms with Crippen LogP contribution in [0.4, 0.5) is 11.4 Å². The number of benzene rings is 1. The van der Waals surface area contributed by atoms with Crippen molar-refractivity contribution in [2.24, 2.45) is 5.92 Å². The molecule has 1 heterocycles. The Labute approximate surface area is 150 Å². The summed E-state index contributed by atoms with van der Waals surface area (Å²) in [6.07, 6.45) is 2.94. The van der Waals surface area contributed by atoms with E-state index in [2.05, 4.69) is 33.0 Å². The molecule has 0 aliphatic carbocycles. The Bertz CT molecular complexity index is 609. The van der Waals surface area contributed by atoms with Crippen LogP contribution in [0.25, 0.3) is 0 Å². The minimum absolute atomic E-state index is 0.177. The van der Waals surface area contributed by atoms with Gasteiger partial charge in [0.05, 0.1) is 28.5 Å². The molecule has 1 atom stereocenters. The van der Waals surface area contributed by atoms with Crippen LogP contribution in [-0.2, 0) is 16.0 Å². The van der Waals surface area contributed by atoms with E-state index < -0.39 is 5.97 Å². The summed E-state index contributed by atoms with van der Waals surface area (Å²) >= 11 is 0. The van der Waals surface area contributed by atoms with Crippen LogP contribution in [0.3, 0.4) is 0 Å². The molecule has 1 unspecified atom stereocenters. The van der Waals surface area contributed by atoms with Crippen molar-refractivity contribution >= 4 is 17.3 Å². The maximum atomic E-state index is 11.2. The molecule has 4 N–H and O–H groups in total. The number of nitrogens with one attached hydrogen (secondary N) is 1. The van der Waals surface area contributed by atoms with Crippen molar-refractivity contribution in [2.75, 3.05) is 11.1 Å². The number of aliphatic carboxylic acids is 1. The second-order valence-corrected chi connectivity index (χ2v) is 8.44. The van der Waals surface area contributed by atoms with Gasteiger partial charge in [-0.3, -0.25) is 4.79 Å². The normalized spacial score (nSPS) is 20.8. The average molecular weight is 348 g/mol. The molecule has 0 bridgehead atoms. The van der Waals surface area contributed by atoms with Gasteiger partial charge in [-0.2, -0.15) is 0 Å². The maximum absolute atomic E-state index is 11.2. The summed E-state index contributed by atoms with van der Waals surface area (Å²) in [5.74, 6) is -1.12. The van der Waals surface area contributed by atoms with Crippen molar-refractivity contribution in [3.8, 4) is 0 Å². The maximum Gasteiger partial charge on any atom is 0.306 e. The summed E-state index contributed by atoms with van der Waals surface area (Å²) < 4.78 is 6.13. The molecule has 140 valence electrons. The monoisotopic (exact) mass is 348 g/mol. The van der Waals surface area contributed by atoms with Gasteiger partial charge in [0.15, 0.2) is 0 Å². The Morgan fingerprint density at radius 2 is 1.92 bits per heavy atom. The van der Waals surface area contributed by atoms with Gasteiger partial charge in [-0.05, 0) is 71.1 Å². The Balaban J connectivity index is 2.09. The van der Waals surface area contributed by atoms with E-state index in [1.807, 2.05) is 25.1 Å². The fourth-order valence-electron chi connectivity index (χ4n) is 3.97. The number of carboxylic acid groups (broad SMARTS) is 1. The first-order valence-corrected chi connectivity index (χ1v) is 9.09. The van der Waals surface area contributed by atoms with Gasteiger partial charge in [0.25, 0.3) is 0 Å². The lowest BCUT2D eigenvalue weighted by molar-refractivity contribution is -0.158. The summed E-state index contributed by atoms with van der Waals surface area (Å²) in [4.78, 5) is 11.2. The molecule has 1 aromatic carbocycles. The van der Waals surface area contributed by atoms with Gasteiger partial charge < -0.3 is 20.9 Å². The predicted octanol–water partition coefficient (Wildman–Crippen LogP) is 4.07. The second-order valence-electron chi connectivity index (χ2n) is 8.44. The highest BCUT2D eigenvalue weighted by molar-refractivity contribution is 5.71. The van der Waals surface area contributed by atoms with E-state index in [4.69, 9.17) is 10.5 Å².